The number of fused-ring (bicyclic) bond motifs is 1. The second kappa shape index (κ2) is 10.3. The summed E-state index contributed by atoms with van der Waals surface area (Å²) >= 11 is 12.9. The standard InChI is InChI=1S/C28H35Cl2N3O2Si/c1-18-21-9-7-10-22(19-15-31-32-16-19)23(21)13-20(17-35-36(5,6)28(2,3)4)33(18)27(34)14-24-25(29)11-8-12-26(24)30/h7-12,15-16,18,20H,13-14,17H2,1-6H3,(H,31,32)/t18-,20+/m0/s1. The first-order valence-electron chi connectivity index (χ1n) is 12.4. The number of hydrogen-bond donors (Lipinski definition) is 1. The van der Waals surface area contributed by atoms with E-state index in [0.29, 0.717) is 28.6 Å². The fourth-order valence-electron chi connectivity index (χ4n) is 4.72. The highest BCUT2D eigenvalue weighted by atomic mass is 35.5. The van der Waals surface area contributed by atoms with E-state index in [-0.39, 0.29) is 29.4 Å². The van der Waals surface area contributed by atoms with E-state index in [1.807, 2.05) is 17.3 Å². The molecule has 192 valence electrons. The molecular formula is C28H35Cl2N3O2Si. The van der Waals surface area contributed by atoms with E-state index in [1.54, 1.807) is 18.2 Å². The molecule has 0 spiro atoms. The van der Waals surface area contributed by atoms with Crippen LogP contribution < -0.4 is 0 Å². The molecule has 1 aromatic heterocycles. The molecule has 1 N–H and O–H groups in total. The number of carbonyl (C=O) groups is 1. The van der Waals surface area contributed by atoms with Crippen molar-refractivity contribution < 1.29 is 9.22 Å². The van der Waals surface area contributed by atoms with Crippen LogP contribution in [0.4, 0.5) is 0 Å². The van der Waals surface area contributed by atoms with Crippen molar-refractivity contribution in [2.75, 3.05) is 6.61 Å². The molecule has 2 atom stereocenters. The molecule has 2 aromatic carbocycles. The molecule has 36 heavy (non-hydrogen) atoms. The summed E-state index contributed by atoms with van der Waals surface area (Å²) in [6.07, 6.45) is 4.62. The van der Waals surface area contributed by atoms with Crippen LogP contribution in [0, 0.1) is 0 Å². The van der Waals surface area contributed by atoms with Gasteiger partial charge in [-0.15, -0.1) is 0 Å². The Morgan fingerprint density at radius 2 is 1.83 bits per heavy atom. The highest BCUT2D eigenvalue weighted by molar-refractivity contribution is 6.74. The van der Waals surface area contributed by atoms with Gasteiger partial charge in [0.1, 0.15) is 0 Å². The van der Waals surface area contributed by atoms with E-state index in [2.05, 4.69) is 69.2 Å². The van der Waals surface area contributed by atoms with Crippen molar-refractivity contribution >= 4 is 37.4 Å². The van der Waals surface area contributed by atoms with Crippen molar-refractivity contribution in [2.45, 2.75) is 70.8 Å². The maximum Gasteiger partial charge on any atom is 0.227 e. The van der Waals surface area contributed by atoms with Crippen LogP contribution in [0.5, 0.6) is 0 Å². The Morgan fingerprint density at radius 1 is 1.17 bits per heavy atom. The van der Waals surface area contributed by atoms with Crippen LogP contribution in [-0.4, -0.2) is 42.0 Å². The van der Waals surface area contributed by atoms with Crippen molar-refractivity contribution in [1.82, 2.24) is 15.1 Å². The van der Waals surface area contributed by atoms with Crippen molar-refractivity contribution in [2.24, 2.45) is 0 Å². The molecule has 0 radical (unpaired) electrons. The summed E-state index contributed by atoms with van der Waals surface area (Å²) in [7, 11) is -2.02. The molecule has 0 saturated heterocycles. The molecular weight excluding hydrogens is 509 g/mol. The lowest BCUT2D eigenvalue weighted by Gasteiger charge is -2.45. The predicted octanol–water partition coefficient (Wildman–Crippen LogP) is 7.46. The molecule has 2 heterocycles. The quantitative estimate of drug-likeness (QED) is 0.328. The fraction of sp³-hybridized carbons (Fsp3) is 0.429. The summed E-state index contributed by atoms with van der Waals surface area (Å²) in [6, 6.07) is 11.4. The van der Waals surface area contributed by atoms with Crippen LogP contribution in [0.15, 0.2) is 48.8 Å². The van der Waals surface area contributed by atoms with Crippen molar-refractivity contribution in [1.29, 1.82) is 0 Å². The average molecular weight is 545 g/mol. The number of nitrogens with zero attached hydrogens (tertiary/aromatic N) is 2. The Bertz CT molecular complexity index is 1220. The molecule has 1 aliphatic heterocycles. The van der Waals surface area contributed by atoms with Gasteiger partial charge in [-0.25, -0.2) is 0 Å². The van der Waals surface area contributed by atoms with Crippen LogP contribution in [0.3, 0.4) is 0 Å². The molecule has 1 amide bonds. The number of benzene rings is 2. The second-order valence-corrected chi connectivity index (χ2v) is 16.8. The molecule has 5 nitrogen and oxygen atoms in total. The van der Waals surface area contributed by atoms with Gasteiger partial charge in [-0.05, 0) is 65.9 Å². The Labute approximate surface area is 225 Å². The summed E-state index contributed by atoms with van der Waals surface area (Å²) < 4.78 is 6.68. The van der Waals surface area contributed by atoms with Gasteiger partial charge < -0.3 is 9.33 Å². The minimum absolute atomic E-state index is 0.000644. The summed E-state index contributed by atoms with van der Waals surface area (Å²) in [5.41, 5.74) is 5.25. The minimum atomic E-state index is -2.02. The number of carbonyl (C=O) groups excluding carboxylic acids is 1. The molecule has 4 rings (SSSR count). The lowest BCUT2D eigenvalue weighted by molar-refractivity contribution is -0.137. The molecule has 0 unspecified atom stereocenters. The van der Waals surface area contributed by atoms with Gasteiger partial charge in [-0.3, -0.25) is 9.89 Å². The number of nitrogens with one attached hydrogen (secondary N) is 1. The van der Waals surface area contributed by atoms with Crippen LogP contribution >= 0.6 is 23.2 Å². The Balaban J connectivity index is 1.72. The SMILES string of the molecule is C[C@H]1c2cccc(-c3cn[nH]c3)c2C[C@H](CO[Si](C)(C)C(C)(C)C)N1C(=O)Cc1c(Cl)cccc1Cl. The fourth-order valence-corrected chi connectivity index (χ4v) is 6.29. The van der Waals surface area contributed by atoms with E-state index in [4.69, 9.17) is 27.6 Å². The molecule has 1 aliphatic rings. The van der Waals surface area contributed by atoms with Gasteiger partial charge in [-0.1, -0.05) is 68.2 Å². The van der Waals surface area contributed by atoms with E-state index >= 15 is 0 Å². The van der Waals surface area contributed by atoms with Gasteiger partial charge in [0.05, 0.1) is 31.3 Å². The van der Waals surface area contributed by atoms with Gasteiger partial charge in [0.25, 0.3) is 0 Å². The van der Waals surface area contributed by atoms with Gasteiger partial charge in [0.15, 0.2) is 8.32 Å². The second-order valence-electron chi connectivity index (χ2n) is 11.1. The van der Waals surface area contributed by atoms with E-state index in [0.717, 1.165) is 16.7 Å². The zero-order chi connectivity index (χ0) is 26.3. The first kappa shape index (κ1) is 26.9. The molecule has 0 aliphatic carbocycles. The van der Waals surface area contributed by atoms with Gasteiger partial charge in [0.2, 0.25) is 5.91 Å². The van der Waals surface area contributed by atoms with Gasteiger partial charge in [-0.2, -0.15) is 5.10 Å². The predicted molar refractivity (Wildman–Crippen MR) is 150 cm³/mol. The zero-order valence-corrected chi connectivity index (χ0v) is 24.4. The van der Waals surface area contributed by atoms with Gasteiger partial charge in [0, 0.05) is 21.8 Å². The van der Waals surface area contributed by atoms with Crippen LogP contribution in [0.25, 0.3) is 11.1 Å². The lowest BCUT2D eigenvalue weighted by atomic mass is 9.84. The molecule has 0 bridgehead atoms. The molecule has 0 saturated carbocycles. The van der Waals surface area contributed by atoms with Crippen LogP contribution in [0.1, 0.15) is 50.4 Å². The summed E-state index contributed by atoms with van der Waals surface area (Å²) in [5, 5.41) is 8.18. The average Bonchev–Trinajstić information content (AvgIpc) is 3.34. The normalized spacial score (nSPS) is 18.3. The maximum absolute atomic E-state index is 13.9. The topological polar surface area (TPSA) is 58.2 Å². The van der Waals surface area contributed by atoms with Crippen LogP contribution in [-0.2, 0) is 22.1 Å². The summed E-state index contributed by atoms with van der Waals surface area (Å²) in [5.74, 6) is 0.000644. The number of amides is 1. The van der Waals surface area contributed by atoms with Crippen molar-refractivity contribution in [3.8, 4) is 11.1 Å². The molecule has 3 aromatic rings. The first-order valence-corrected chi connectivity index (χ1v) is 16.1. The molecule has 8 heteroatoms. The third-order valence-corrected chi connectivity index (χ3v) is 13.1. The number of rotatable bonds is 6. The van der Waals surface area contributed by atoms with Crippen molar-refractivity contribution in [3.05, 3.63) is 75.5 Å². The summed E-state index contributed by atoms with van der Waals surface area (Å²) in [4.78, 5) is 15.9. The highest BCUT2D eigenvalue weighted by Crippen LogP contribution is 2.41. The number of aromatic nitrogens is 2. The minimum Gasteiger partial charge on any atom is -0.415 e. The zero-order valence-electron chi connectivity index (χ0n) is 21.9. The number of halogens is 2. The largest absolute Gasteiger partial charge is 0.415 e. The van der Waals surface area contributed by atoms with E-state index in [9.17, 15) is 4.79 Å². The molecule has 0 fully saturated rings. The number of hydrogen-bond acceptors (Lipinski definition) is 3. The maximum atomic E-state index is 13.9. The number of H-pyrrole nitrogens is 1. The van der Waals surface area contributed by atoms with Gasteiger partial charge >= 0.3 is 0 Å². The third-order valence-electron chi connectivity index (χ3n) is 7.84. The Kier molecular flexibility index (Phi) is 7.72. The number of aromatic amines is 1. The van der Waals surface area contributed by atoms with Crippen molar-refractivity contribution in [3.63, 3.8) is 0 Å². The third kappa shape index (κ3) is 5.28. The monoisotopic (exact) mass is 543 g/mol. The summed E-state index contributed by atoms with van der Waals surface area (Å²) in [6.45, 7) is 13.8. The first-order chi connectivity index (χ1) is 16.9. The lowest BCUT2D eigenvalue weighted by Crippen LogP contribution is -2.52. The highest BCUT2D eigenvalue weighted by Gasteiger charge is 2.41. The van der Waals surface area contributed by atoms with E-state index < -0.39 is 8.32 Å². The smallest absolute Gasteiger partial charge is 0.227 e. The van der Waals surface area contributed by atoms with Crippen LogP contribution in [0.2, 0.25) is 28.2 Å². The van der Waals surface area contributed by atoms with E-state index in [1.165, 1.54) is 5.56 Å². The Hall–Kier alpha value is -2.12. The Morgan fingerprint density at radius 3 is 2.44 bits per heavy atom.